The predicted molar refractivity (Wildman–Crippen MR) is 61.9 cm³/mol. The van der Waals surface area contributed by atoms with Crippen molar-refractivity contribution in [2.45, 2.75) is 26.2 Å². The van der Waals surface area contributed by atoms with Crippen LogP contribution in [0.4, 0.5) is 5.69 Å². The molecule has 1 N–H and O–H groups in total. The van der Waals surface area contributed by atoms with Gasteiger partial charge < -0.3 is 5.32 Å². The number of carbonyl (C=O) groups is 1. The van der Waals surface area contributed by atoms with Gasteiger partial charge in [-0.3, -0.25) is 4.79 Å². The Morgan fingerprint density at radius 2 is 2.20 bits per heavy atom. The molecule has 0 saturated carbocycles. The average molecular weight is 201 g/mol. The molecule has 0 unspecified atom stereocenters. The maximum atomic E-state index is 11.5. The minimum Gasteiger partial charge on any atom is -0.322 e. The number of anilines is 1. The Hall–Kier alpha value is -1.57. The zero-order chi connectivity index (χ0) is 10.8. The summed E-state index contributed by atoms with van der Waals surface area (Å²) in [5, 5.41) is 2.90. The molecule has 0 saturated heterocycles. The minimum atomic E-state index is -0.0877. The van der Waals surface area contributed by atoms with E-state index in [9.17, 15) is 4.79 Å². The van der Waals surface area contributed by atoms with Gasteiger partial charge in [0.15, 0.2) is 0 Å². The molecule has 15 heavy (non-hydrogen) atoms. The molecule has 0 atom stereocenters. The van der Waals surface area contributed by atoms with Crippen LogP contribution < -0.4 is 5.32 Å². The molecule has 0 fully saturated rings. The zero-order valence-electron chi connectivity index (χ0n) is 8.97. The summed E-state index contributed by atoms with van der Waals surface area (Å²) in [5.41, 5.74) is 4.17. The third-order valence-corrected chi connectivity index (χ3v) is 2.78. The fraction of sp³-hybridized carbons (Fsp3) is 0.308. The van der Waals surface area contributed by atoms with E-state index in [1.54, 1.807) is 6.92 Å². The van der Waals surface area contributed by atoms with Crippen LogP contribution in [0.3, 0.4) is 0 Å². The van der Waals surface area contributed by atoms with Crippen molar-refractivity contribution in [1.82, 2.24) is 0 Å². The topological polar surface area (TPSA) is 29.1 Å². The van der Waals surface area contributed by atoms with Gasteiger partial charge in [0.1, 0.15) is 0 Å². The molecule has 2 heteroatoms. The molecular formula is C13H15NO. The van der Waals surface area contributed by atoms with Crippen LogP contribution in [0.25, 0.3) is 0 Å². The van der Waals surface area contributed by atoms with E-state index in [0.29, 0.717) is 5.57 Å². The summed E-state index contributed by atoms with van der Waals surface area (Å²) in [5.74, 6) is -0.0877. The Kier molecular flexibility index (Phi) is 2.58. The van der Waals surface area contributed by atoms with Crippen molar-refractivity contribution in [1.29, 1.82) is 0 Å². The van der Waals surface area contributed by atoms with Gasteiger partial charge in [0.2, 0.25) is 0 Å². The van der Waals surface area contributed by atoms with Gasteiger partial charge in [0, 0.05) is 11.3 Å². The lowest BCUT2D eigenvalue weighted by atomic mass is 10.1. The molecular weight excluding hydrogens is 186 g/mol. The van der Waals surface area contributed by atoms with E-state index in [0.717, 1.165) is 18.5 Å². The van der Waals surface area contributed by atoms with Crippen LogP contribution in [0.1, 0.15) is 24.5 Å². The molecule has 1 aromatic rings. The first-order chi connectivity index (χ1) is 7.18. The lowest BCUT2D eigenvalue weighted by Crippen LogP contribution is -2.13. The summed E-state index contributed by atoms with van der Waals surface area (Å²) in [7, 11) is 0. The van der Waals surface area contributed by atoms with Crippen molar-refractivity contribution in [3.8, 4) is 0 Å². The largest absolute Gasteiger partial charge is 0.322 e. The number of nitrogens with one attached hydrogen (secondary N) is 1. The van der Waals surface area contributed by atoms with Crippen LogP contribution in [0.2, 0.25) is 0 Å². The van der Waals surface area contributed by atoms with Crippen molar-refractivity contribution >= 4 is 11.6 Å². The highest BCUT2D eigenvalue weighted by Gasteiger charge is 2.15. The lowest BCUT2D eigenvalue weighted by molar-refractivity contribution is -0.112. The van der Waals surface area contributed by atoms with E-state index >= 15 is 0 Å². The van der Waals surface area contributed by atoms with Crippen molar-refractivity contribution in [3.63, 3.8) is 0 Å². The van der Waals surface area contributed by atoms with Crippen molar-refractivity contribution < 1.29 is 4.79 Å². The number of aryl methyl sites for hydroxylation is 1. The SMILES string of the molecule is C=C(C)C(=O)Nc1cccc2c1CCC2. The second-order valence-corrected chi connectivity index (χ2v) is 4.03. The number of benzene rings is 1. The smallest absolute Gasteiger partial charge is 0.250 e. The predicted octanol–water partition coefficient (Wildman–Crippen LogP) is 2.69. The normalized spacial score (nSPS) is 13.4. The highest BCUT2D eigenvalue weighted by molar-refractivity contribution is 6.03. The van der Waals surface area contributed by atoms with Crippen LogP contribution in [0.5, 0.6) is 0 Å². The summed E-state index contributed by atoms with van der Waals surface area (Å²) in [6.07, 6.45) is 3.39. The zero-order valence-corrected chi connectivity index (χ0v) is 8.97. The van der Waals surface area contributed by atoms with E-state index in [-0.39, 0.29) is 5.91 Å². The van der Waals surface area contributed by atoms with E-state index in [1.165, 1.54) is 17.5 Å². The molecule has 1 aliphatic rings. The molecule has 0 spiro atoms. The number of hydrogen-bond acceptors (Lipinski definition) is 1. The van der Waals surface area contributed by atoms with Crippen LogP contribution >= 0.6 is 0 Å². The number of fused-ring (bicyclic) bond motifs is 1. The molecule has 78 valence electrons. The highest BCUT2D eigenvalue weighted by atomic mass is 16.1. The summed E-state index contributed by atoms with van der Waals surface area (Å²) < 4.78 is 0. The lowest BCUT2D eigenvalue weighted by Gasteiger charge is -2.09. The molecule has 2 nitrogen and oxygen atoms in total. The van der Waals surface area contributed by atoms with E-state index in [1.807, 2.05) is 12.1 Å². The maximum absolute atomic E-state index is 11.5. The van der Waals surface area contributed by atoms with Gasteiger partial charge in [0.05, 0.1) is 0 Å². The Morgan fingerprint density at radius 1 is 1.40 bits per heavy atom. The molecule has 1 aliphatic carbocycles. The molecule has 0 aromatic heterocycles. The monoisotopic (exact) mass is 201 g/mol. The van der Waals surface area contributed by atoms with Gasteiger partial charge in [-0.2, -0.15) is 0 Å². The van der Waals surface area contributed by atoms with Gasteiger partial charge >= 0.3 is 0 Å². The van der Waals surface area contributed by atoms with Crippen LogP contribution in [-0.4, -0.2) is 5.91 Å². The molecule has 0 radical (unpaired) electrons. The number of hydrogen-bond donors (Lipinski definition) is 1. The molecule has 2 rings (SSSR count). The second kappa shape index (κ2) is 3.89. The first kappa shape index (κ1) is 9.97. The van der Waals surface area contributed by atoms with Gasteiger partial charge in [-0.15, -0.1) is 0 Å². The van der Waals surface area contributed by atoms with Crippen molar-refractivity contribution in [3.05, 3.63) is 41.5 Å². The van der Waals surface area contributed by atoms with E-state index in [4.69, 9.17) is 0 Å². The average Bonchev–Trinajstić information content (AvgIpc) is 2.66. The summed E-state index contributed by atoms with van der Waals surface area (Å²) in [6.45, 7) is 5.35. The van der Waals surface area contributed by atoms with Gasteiger partial charge in [-0.25, -0.2) is 0 Å². The highest BCUT2D eigenvalue weighted by Crippen LogP contribution is 2.28. The first-order valence-corrected chi connectivity index (χ1v) is 5.26. The molecule has 1 amide bonds. The number of rotatable bonds is 2. The Bertz CT molecular complexity index is 421. The van der Waals surface area contributed by atoms with Crippen LogP contribution in [0.15, 0.2) is 30.4 Å². The van der Waals surface area contributed by atoms with E-state index < -0.39 is 0 Å². The standard InChI is InChI=1S/C13H15NO/c1-9(2)13(15)14-12-8-4-6-10-5-3-7-11(10)12/h4,6,8H,1,3,5,7H2,2H3,(H,14,15). The van der Waals surface area contributed by atoms with Crippen molar-refractivity contribution in [2.24, 2.45) is 0 Å². The fourth-order valence-electron chi connectivity index (χ4n) is 1.97. The summed E-state index contributed by atoms with van der Waals surface area (Å²) in [6, 6.07) is 6.10. The van der Waals surface area contributed by atoms with E-state index in [2.05, 4.69) is 18.0 Å². The van der Waals surface area contributed by atoms with Gasteiger partial charge in [0.25, 0.3) is 5.91 Å². The molecule has 0 heterocycles. The second-order valence-electron chi connectivity index (χ2n) is 4.03. The Morgan fingerprint density at radius 3 is 2.93 bits per heavy atom. The van der Waals surface area contributed by atoms with Gasteiger partial charge in [-0.1, -0.05) is 18.7 Å². The number of carbonyl (C=O) groups excluding carboxylic acids is 1. The Labute approximate surface area is 90.0 Å². The molecule has 0 aliphatic heterocycles. The fourth-order valence-corrected chi connectivity index (χ4v) is 1.97. The summed E-state index contributed by atoms with van der Waals surface area (Å²) in [4.78, 5) is 11.5. The third kappa shape index (κ3) is 1.94. The quantitative estimate of drug-likeness (QED) is 0.732. The Balaban J connectivity index is 2.26. The molecule has 0 bridgehead atoms. The van der Waals surface area contributed by atoms with Crippen LogP contribution in [0, 0.1) is 0 Å². The third-order valence-electron chi connectivity index (χ3n) is 2.78. The molecule has 1 aromatic carbocycles. The minimum absolute atomic E-state index is 0.0877. The maximum Gasteiger partial charge on any atom is 0.250 e. The van der Waals surface area contributed by atoms with Crippen LogP contribution in [-0.2, 0) is 17.6 Å². The van der Waals surface area contributed by atoms with Gasteiger partial charge in [-0.05, 0) is 43.4 Å². The summed E-state index contributed by atoms with van der Waals surface area (Å²) >= 11 is 0. The van der Waals surface area contributed by atoms with Crippen molar-refractivity contribution in [2.75, 3.05) is 5.32 Å². The first-order valence-electron chi connectivity index (χ1n) is 5.26. The number of amides is 1.